The molecule has 3 N–H and O–H groups in total. The lowest BCUT2D eigenvalue weighted by molar-refractivity contribution is -0.124. The number of nitrogens with one attached hydrogen (secondary N) is 1. The highest BCUT2D eigenvalue weighted by Crippen LogP contribution is 2.38. The van der Waals surface area contributed by atoms with Gasteiger partial charge in [0.2, 0.25) is 5.91 Å². The fourth-order valence-electron chi connectivity index (χ4n) is 2.85. The average Bonchev–Trinajstić information content (AvgIpc) is 2.97. The van der Waals surface area contributed by atoms with Gasteiger partial charge in [-0.05, 0) is 39.1 Å². The van der Waals surface area contributed by atoms with Gasteiger partial charge in [-0.25, -0.2) is 0 Å². The van der Waals surface area contributed by atoms with Crippen molar-refractivity contribution in [1.29, 1.82) is 0 Å². The molecule has 24 heavy (non-hydrogen) atoms. The smallest absolute Gasteiger partial charge is 0.231 e. The van der Waals surface area contributed by atoms with Crippen molar-refractivity contribution in [2.24, 2.45) is 11.1 Å². The summed E-state index contributed by atoms with van der Waals surface area (Å²) in [4.78, 5) is 14.6. The Morgan fingerprint density at radius 2 is 1.96 bits per heavy atom. The molecule has 1 aliphatic carbocycles. The van der Waals surface area contributed by atoms with E-state index in [1.807, 2.05) is 38.4 Å². The molecule has 0 atom stereocenters. The Balaban J connectivity index is 0.00000264. The number of hydrogen-bond acceptors (Lipinski definition) is 4. The number of nitrogens with zero attached hydrogens (tertiary/aromatic N) is 1. The van der Waals surface area contributed by atoms with Crippen molar-refractivity contribution in [3.63, 3.8) is 0 Å². The number of halogens is 2. The average molecular weight is 378 g/mol. The third-order valence-electron chi connectivity index (χ3n) is 4.33. The first-order valence-corrected chi connectivity index (χ1v) is 7.95. The third kappa shape index (κ3) is 6.13. The van der Waals surface area contributed by atoms with Crippen LogP contribution in [-0.4, -0.2) is 44.6 Å². The van der Waals surface area contributed by atoms with Crippen LogP contribution in [0.2, 0.25) is 0 Å². The van der Waals surface area contributed by atoms with E-state index in [4.69, 9.17) is 10.5 Å². The quantitative estimate of drug-likeness (QED) is 0.766. The summed E-state index contributed by atoms with van der Waals surface area (Å²) >= 11 is 0. The van der Waals surface area contributed by atoms with E-state index in [-0.39, 0.29) is 36.1 Å². The van der Waals surface area contributed by atoms with Crippen LogP contribution in [0.25, 0.3) is 0 Å². The lowest BCUT2D eigenvalue weighted by atomic mass is 9.85. The summed E-state index contributed by atoms with van der Waals surface area (Å²) < 4.78 is 5.70. The van der Waals surface area contributed by atoms with E-state index in [2.05, 4.69) is 10.2 Å². The SMILES string of the molecule is CN(C)CCOc1cccc(NC(=O)C2(CN)CCCC2)c1.Cl.Cl. The molecular formula is C17H29Cl2N3O2. The van der Waals surface area contributed by atoms with Crippen LogP contribution in [-0.2, 0) is 4.79 Å². The highest BCUT2D eigenvalue weighted by Gasteiger charge is 2.39. The molecule has 1 aliphatic rings. The van der Waals surface area contributed by atoms with Gasteiger partial charge in [0, 0.05) is 24.8 Å². The second-order valence-electron chi connectivity index (χ2n) is 6.33. The minimum absolute atomic E-state index is 0. The van der Waals surface area contributed by atoms with E-state index >= 15 is 0 Å². The van der Waals surface area contributed by atoms with E-state index in [1.165, 1.54) is 0 Å². The molecule has 7 heteroatoms. The zero-order valence-corrected chi connectivity index (χ0v) is 16.0. The Kier molecular flexibility index (Phi) is 10.3. The largest absolute Gasteiger partial charge is 0.492 e. The van der Waals surface area contributed by atoms with Crippen LogP contribution in [0.15, 0.2) is 24.3 Å². The summed E-state index contributed by atoms with van der Waals surface area (Å²) in [7, 11) is 4.02. The molecular weight excluding hydrogens is 349 g/mol. The van der Waals surface area contributed by atoms with Crippen LogP contribution in [0.3, 0.4) is 0 Å². The molecule has 2 rings (SSSR count). The van der Waals surface area contributed by atoms with Crippen molar-refractivity contribution in [2.75, 3.05) is 39.1 Å². The second kappa shape index (κ2) is 10.8. The Morgan fingerprint density at radius 3 is 2.54 bits per heavy atom. The summed E-state index contributed by atoms with van der Waals surface area (Å²) in [5.41, 5.74) is 6.24. The second-order valence-corrected chi connectivity index (χ2v) is 6.33. The number of amides is 1. The molecule has 0 saturated heterocycles. The Bertz CT molecular complexity index is 506. The summed E-state index contributed by atoms with van der Waals surface area (Å²) in [6.07, 6.45) is 3.93. The van der Waals surface area contributed by atoms with Crippen molar-refractivity contribution in [2.45, 2.75) is 25.7 Å². The summed E-state index contributed by atoms with van der Waals surface area (Å²) in [6, 6.07) is 7.55. The van der Waals surface area contributed by atoms with Gasteiger partial charge in [-0.2, -0.15) is 0 Å². The van der Waals surface area contributed by atoms with Crippen LogP contribution in [0.4, 0.5) is 5.69 Å². The molecule has 1 aromatic carbocycles. The van der Waals surface area contributed by atoms with Crippen molar-refractivity contribution in [1.82, 2.24) is 4.90 Å². The first-order valence-electron chi connectivity index (χ1n) is 7.95. The molecule has 0 bridgehead atoms. The standard InChI is InChI=1S/C17H27N3O2.2ClH/c1-20(2)10-11-22-15-7-5-6-14(12-15)19-16(21)17(13-18)8-3-4-9-17;;/h5-7,12H,3-4,8-11,13,18H2,1-2H3,(H,19,21);2*1H. The number of ether oxygens (including phenoxy) is 1. The molecule has 0 aliphatic heterocycles. The molecule has 0 spiro atoms. The maximum absolute atomic E-state index is 12.5. The number of benzene rings is 1. The highest BCUT2D eigenvalue weighted by atomic mass is 35.5. The number of likely N-dealkylation sites (N-methyl/N-ethyl adjacent to an activating group) is 1. The minimum atomic E-state index is -0.387. The molecule has 0 aromatic heterocycles. The van der Waals surface area contributed by atoms with Crippen molar-refractivity contribution >= 4 is 36.4 Å². The number of carbonyl (C=O) groups is 1. The van der Waals surface area contributed by atoms with Crippen molar-refractivity contribution < 1.29 is 9.53 Å². The Hall–Kier alpha value is -1.01. The van der Waals surface area contributed by atoms with Gasteiger partial charge in [0.05, 0.1) is 5.41 Å². The molecule has 0 unspecified atom stereocenters. The maximum atomic E-state index is 12.5. The van der Waals surface area contributed by atoms with Gasteiger partial charge in [0.25, 0.3) is 0 Å². The van der Waals surface area contributed by atoms with Gasteiger partial charge < -0.3 is 20.7 Å². The molecule has 5 nitrogen and oxygen atoms in total. The first-order chi connectivity index (χ1) is 10.6. The van der Waals surface area contributed by atoms with Gasteiger partial charge in [-0.1, -0.05) is 18.9 Å². The van der Waals surface area contributed by atoms with E-state index in [1.54, 1.807) is 0 Å². The molecule has 1 aromatic rings. The van der Waals surface area contributed by atoms with Gasteiger partial charge in [-0.3, -0.25) is 4.79 Å². The zero-order chi connectivity index (χ0) is 16.0. The first kappa shape index (κ1) is 23.0. The Morgan fingerprint density at radius 1 is 1.29 bits per heavy atom. The molecule has 0 radical (unpaired) electrons. The van der Waals surface area contributed by atoms with E-state index < -0.39 is 0 Å². The zero-order valence-electron chi connectivity index (χ0n) is 14.4. The molecule has 0 heterocycles. The monoisotopic (exact) mass is 377 g/mol. The minimum Gasteiger partial charge on any atom is -0.492 e. The Labute approximate surface area is 157 Å². The highest BCUT2D eigenvalue weighted by molar-refractivity contribution is 5.95. The van der Waals surface area contributed by atoms with Crippen LogP contribution in [0.5, 0.6) is 5.75 Å². The lowest BCUT2D eigenvalue weighted by Crippen LogP contribution is -2.40. The predicted molar refractivity (Wildman–Crippen MR) is 104 cm³/mol. The van der Waals surface area contributed by atoms with Crippen molar-refractivity contribution in [3.05, 3.63) is 24.3 Å². The van der Waals surface area contributed by atoms with Gasteiger partial charge in [0.15, 0.2) is 0 Å². The molecule has 1 saturated carbocycles. The molecule has 1 amide bonds. The van der Waals surface area contributed by atoms with Crippen LogP contribution < -0.4 is 15.8 Å². The fraction of sp³-hybridized carbons (Fsp3) is 0.588. The van der Waals surface area contributed by atoms with Crippen molar-refractivity contribution in [3.8, 4) is 5.75 Å². The van der Waals surface area contributed by atoms with Crippen LogP contribution in [0, 0.1) is 5.41 Å². The van der Waals surface area contributed by atoms with E-state index in [0.29, 0.717) is 13.2 Å². The van der Waals surface area contributed by atoms with E-state index in [0.717, 1.165) is 43.7 Å². The molecule has 1 fully saturated rings. The van der Waals surface area contributed by atoms with E-state index in [9.17, 15) is 4.79 Å². The summed E-state index contributed by atoms with van der Waals surface area (Å²) in [5.74, 6) is 0.811. The molecule has 138 valence electrons. The van der Waals surface area contributed by atoms with Gasteiger partial charge >= 0.3 is 0 Å². The fourth-order valence-corrected chi connectivity index (χ4v) is 2.85. The predicted octanol–water partition coefficient (Wildman–Crippen LogP) is 2.93. The number of anilines is 1. The summed E-state index contributed by atoms with van der Waals surface area (Å²) in [6.45, 7) is 1.89. The third-order valence-corrected chi connectivity index (χ3v) is 4.33. The normalized spacial score (nSPS) is 15.3. The summed E-state index contributed by atoms with van der Waals surface area (Å²) in [5, 5.41) is 3.01. The topological polar surface area (TPSA) is 67.6 Å². The lowest BCUT2D eigenvalue weighted by Gasteiger charge is -2.25. The van der Waals surface area contributed by atoms with Crippen LogP contribution >= 0.6 is 24.8 Å². The van der Waals surface area contributed by atoms with Gasteiger partial charge in [0.1, 0.15) is 12.4 Å². The number of nitrogens with two attached hydrogens (primary N) is 1. The number of carbonyl (C=O) groups excluding carboxylic acids is 1. The maximum Gasteiger partial charge on any atom is 0.231 e. The number of rotatable bonds is 7. The van der Waals surface area contributed by atoms with Gasteiger partial charge in [-0.15, -0.1) is 24.8 Å². The van der Waals surface area contributed by atoms with Crippen LogP contribution in [0.1, 0.15) is 25.7 Å². The number of hydrogen-bond donors (Lipinski definition) is 2.